The molecule has 1 aromatic heterocycles. The third-order valence-electron chi connectivity index (χ3n) is 3.27. The zero-order chi connectivity index (χ0) is 13.7. The first-order valence-corrected chi connectivity index (χ1v) is 6.47. The lowest BCUT2D eigenvalue weighted by Crippen LogP contribution is -2.38. The summed E-state index contributed by atoms with van der Waals surface area (Å²) in [4.78, 5) is 6.10. The standard InChI is InChI=1S/C13H19FN2O3/c14-11-7-10(9-18)13(15-8-11)16-3-1-12(2-4-16)19-6-5-17/h7-8,12,17-18H,1-6,9H2. The highest BCUT2D eigenvalue weighted by atomic mass is 19.1. The van der Waals surface area contributed by atoms with E-state index < -0.39 is 5.82 Å². The molecule has 1 aromatic rings. The van der Waals surface area contributed by atoms with E-state index in [1.54, 1.807) is 0 Å². The van der Waals surface area contributed by atoms with E-state index >= 15 is 0 Å². The Hall–Kier alpha value is -1.24. The van der Waals surface area contributed by atoms with Crippen molar-refractivity contribution in [3.63, 3.8) is 0 Å². The van der Waals surface area contributed by atoms with Crippen molar-refractivity contribution in [1.82, 2.24) is 4.98 Å². The van der Waals surface area contributed by atoms with Crippen LogP contribution in [0.15, 0.2) is 12.3 Å². The number of aromatic nitrogens is 1. The molecule has 1 aliphatic heterocycles. The Bertz CT molecular complexity index is 409. The minimum atomic E-state index is -0.436. The van der Waals surface area contributed by atoms with Gasteiger partial charge in [0.05, 0.1) is 32.1 Å². The van der Waals surface area contributed by atoms with Crippen molar-refractivity contribution in [2.24, 2.45) is 0 Å². The molecule has 6 heteroatoms. The maximum atomic E-state index is 13.1. The minimum Gasteiger partial charge on any atom is -0.394 e. The highest BCUT2D eigenvalue weighted by molar-refractivity contribution is 5.47. The van der Waals surface area contributed by atoms with Crippen LogP contribution in [0.5, 0.6) is 0 Å². The molecule has 0 saturated carbocycles. The number of nitrogens with zero attached hydrogens (tertiary/aromatic N) is 2. The maximum absolute atomic E-state index is 13.1. The summed E-state index contributed by atoms with van der Waals surface area (Å²) in [6.07, 6.45) is 3.00. The average Bonchev–Trinajstić information content (AvgIpc) is 2.45. The molecule has 0 unspecified atom stereocenters. The first-order chi connectivity index (χ1) is 9.24. The smallest absolute Gasteiger partial charge is 0.142 e. The second-order valence-corrected chi connectivity index (χ2v) is 4.58. The van der Waals surface area contributed by atoms with E-state index in [-0.39, 0.29) is 19.3 Å². The lowest BCUT2D eigenvalue weighted by molar-refractivity contribution is 0.0158. The number of halogens is 1. The summed E-state index contributed by atoms with van der Waals surface area (Å²) in [6.45, 7) is 1.68. The van der Waals surface area contributed by atoms with Crippen LogP contribution in [0.25, 0.3) is 0 Å². The van der Waals surface area contributed by atoms with Gasteiger partial charge in [0.2, 0.25) is 0 Å². The third-order valence-corrected chi connectivity index (χ3v) is 3.27. The molecular formula is C13H19FN2O3. The second kappa shape index (κ2) is 6.79. The van der Waals surface area contributed by atoms with E-state index in [1.807, 2.05) is 4.90 Å². The second-order valence-electron chi connectivity index (χ2n) is 4.58. The first-order valence-electron chi connectivity index (χ1n) is 6.47. The normalized spacial score (nSPS) is 16.9. The van der Waals surface area contributed by atoms with E-state index in [9.17, 15) is 9.50 Å². The summed E-state index contributed by atoms with van der Waals surface area (Å²) >= 11 is 0. The van der Waals surface area contributed by atoms with Crippen LogP contribution in [0, 0.1) is 5.82 Å². The molecule has 1 fully saturated rings. The number of hydrogen-bond acceptors (Lipinski definition) is 5. The molecule has 0 atom stereocenters. The molecule has 1 saturated heterocycles. The summed E-state index contributed by atoms with van der Waals surface area (Å²) < 4.78 is 18.6. The van der Waals surface area contributed by atoms with E-state index in [0.29, 0.717) is 18.0 Å². The number of piperidine rings is 1. The molecular weight excluding hydrogens is 251 g/mol. The summed E-state index contributed by atoms with van der Waals surface area (Å²) in [5.74, 6) is 0.207. The van der Waals surface area contributed by atoms with Gasteiger partial charge in [0.1, 0.15) is 11.6 Å². The van der Waals surface area contributed by atoms with Crippen LogP contribution in [-0.2, 0) is 11.3 Å². The SMILES string of the molecule is OCCOC1CCN(c2ncc(F)cc2CO)CC1. The Morgan fingerprint density at radius 2 is 2.11 bits per heavy atom. The molecule has 2 rings (SSSR count). The zero-order valence-electron chi connectivity index (χ0n) is 10.8. The van der Waals surface area contributed by atoms with Gasteiger partial charge in [-0.05, 0) is 18.9 Å². The van der Waals surface area contributed by atoms with Crippen molar-refractivity contribution in [3.8, 4) is 0 Å². The number of pyridine rings is 1. The molecule has 1 aliphatic rings. The van der Waals surface area contributed by atoms with Crippen LogP contribution >= 0.6 is 0 Å². The van der Waals surface area contributed by atoms with Gasteiger partial charge in [0.25, 0.3) is 0 Å². The van der Waals surface area contributed by atoms with Crippen LogP contribution in [0.2, 0.25) is 0 Å². The molecule has 0 aliphatic carbocycles. The Balaban J connectivity index is 1.97. The van der Waals surface area contributed by atoms with E-state index in [1.165, 1.54) is 12.3 Å². The quantitative estimate of drug-likeness (QED) is 0.824. The van der Waals surface area contributed by atoms with Crippen molar-refractivity contribution in [1.29, 1.82) is 0 Å². The van der Waals surface area contributed by atoms with Crippen LogP contribution in [0.4, 0.5) is 10.2 Å². The summed E-state index contributed by atoms with van der Waals surface area (Å²) in [5.41, 5.74) is 0.509. The molecule has 2 N–H and O–H groups in total. The molecule has 0 radical (unpaired) electrons. The summed E-state index contributed by atoms with van der Waals surface area (Å²) in [5, 5.41) is 18.0. The zero-order valence-corrected chi connectivity index (χ0v) is 10.8. The fourth-order valence-corrected chi connectivity index (χ4v) is 2.33. The molecule has 0 amide bonds. The Morgan fingerprint density at radius 3 is 2.74 bits per heavy atom. The first kappa shape index (κ1) is 14.2. The van der Waals surface area contributed by atoms with Gasteiger partial charge < -0.3 is 19.8 Å². The largest absolute Gasteiger partial charge is 0.394 e. The number of aliphatic hydroxyl groups is 2. The van der Waals surface area contributed by atoms with Gasteiger partial charge in [-0.25, -0.2) is 9.37 Å². The Labute approximate surface area is 111 Å². The number of rotatable bonds is 5. The van der Waals surface area contributed by atoms with E-state index in [0.717, 1.165) is 25.9 Å². The van der Waals surface area contributed by atoms with E-state index in [2.05, 4.69) is 4.98 Å². The molecule has 0 aromatic carbocycles. The van der Waals surface area contributed by atoms with Crippen LogP contribution < -0.4 is 4.90 Å². The van der Waals surface area contributed by atoms with Crippen LogP contribution in [0.1, 0.15) is 18.4 Å². The van der Waals surface area contributed by atoms with Gasteiger partial charge in [-0.1, -0.05) is 0 Å². The van der Waals surface area contributed by atoms with Gasteiger partial charge in [-0.2, -0.15) is 0 Å². The van der Waals surface area contributed by atoms with E-state index in [4.69, 9.17) is 9.84 Å². The van der Waals surface area contributed by atoms with Gasteiger partial charge in [-0.3, -0.25) is 0 Å². The maximum Gasteiger partial charge on any atom is 0.142 e. The fraction of sp³-hybridized carbons (Fsp3) is 0.615. The average molecular weight is 270 g/mol. The summed E-state index contributed by atoms with van der Waals surface area (Å²) in [7, 11) is 0. The van der Waals surface area contributed by atoms with Crippen molar-refractivity contribution >= 4 is 5.82 Å². The fourth-order valence-electron chi connectivity index (χ4n) is 2.33. The third kappa shape index (κ3) is 3.62. The minimum absolute atomic E-state index is 0.0361. The van der Waals surface area contributed by atoms with Gasteiger partial charge >= 0.3 is 0 Å². The monoisotopic (exact) mass is 270 g/mol. The molecule has 0 bridgehead atoms. The highest BCUT2D eigenvalue weighted by Crippen LogP contribution is 2.23. The molecule has 19 heavy (non-hydrogen) atoms. The van der Waals surface area contributed by atoms with Gasteiger partial charge in [-0.15, -0.1) is 0 Å². The lowest BCUT2D eigenvalue weighted by Gasteiger charge is -2.33. The molecule has 2 heterocycles. The number of anilines is 1. The Morgan fingerprint density at radius 1 is 1.37 bits per heavy atom. The van der Waals surface area contributed by atoms with Crippen LogP contribution in [0.3, 0.4) is 0 Å². The molecule has 106 valence electrons. The molecule has 5 nitrogen and oxygen atoms in total. The predicted octanol–water partition coefficient (Wildman–Crippen LogP) is 0.691. The lowest BCUT2D eigenvalue weighted by atomic mass is 10.1. The topological polar surface area (TPSA) is 65.8 Å². The van der Waals surface area contributed by atoms with Crippen LogP contribution in [-0.4, -0.2) is 47.6 Å². The predicted molar refractivity (Wildman–Crippen MR) is 68.4 cm³/mol. The number of hydrogen-bond donors (Lipinski definition) is 2. The Kier molecular flexibility index (Phi) is 5.07. The van der Waals surface area contributed by atoms with Gasteiger partial charge in [0.15, 0.2) is 0 Å². The summed E-state index contributed by atoms with van der Waals surface area (Å²) in [6, 6.07) is 1.32. The van der Waals surface area contributed by atoms with Crippen molar-refractivity contribution < 1.29 is 19.3 Å². The van der Waals surface area contributed by atoms with Crippen molar-refractivity contribution in [3.05, 3.63) is 23.6 Å². The van der Waals surface area contributed by atoms with Crippen molar-refractivity contribution in [2.45, 2.75) is 25.6 Å². The highest BCUT2D eigenvalue weighted by Gasteiger charge is 2.22. The number of aliphatic hydroxyl groups excluding tert-OH is 2. The van der Waals surface area contributed by atoms with Crippen molar-refractivity contribution in [2.75, 3.05) is 31.2 Å². The molecule has 0 spiro atoms. The van der Waals surface area contributed by atoms with Gasteiger partial charge in [0, 0.05) is 18.7 Å². The number of ether oxygens (including phenoxy) is 1.